The third kappa shape index (κ3) is 2.21. The van der Waals surface area contributed by atoms with E-state index in [2.05, 4.69) is 0 Å². The molecular weight excluding hydrogens is 294 g/mol. The van der Waals surface area contributed by atoms with E-state index in [1.54, 1.807) is 42.5 Å². The molecule has 6 heteroatoms. The van der Waals surface area contributed by atoms with E-state index in [1.807, 2.05) is 0 Å². The lowest BCUT2D eigenvalue weighted by Gasteiger charge is -2.10. The van der Waals surface area contributed by atoms with Gasteiger partial charge in [0.25, 0.3) is 0 Å². The van der Waals surface area contributed by atoms with Crippen molar-refractivity contribution in [3.63, 3.8) is 0 Å². The molecule has 1 heterocycles. The molecule has 0 unspecified atom stereocenters. The quantitative estimate of drug-likeness (QED) is 0.730. The first-order valence-electron chi connectivity index (χ1n) is 6.10. The van der Waals surface area contributed by atoms with Crippen LogP contribution in [0.3, 0.4) is 0 Å². The summed E-state index contributed by atoms with van der Waals surface area (Å²) in [5.41, 5.74) is 0.289. The van der Waals surface area contributed by atoms with Gasteiger partial charge in [0, 0.05) is 0 Å². The van der Waals surface area contributed by atoms with Crippen LogP contribution in [0.5, 0.6) is 5.75 Å². The molecular formula is C15H10ClNO4. The summed E-state index contributed by atoms with van der Waals surface area (Å²) in [6, 6.07) is 11.6. The van der Waals surface area contributed by atoms with Gasteiger partial charge in [-0.15, -0.1) is 0 Å². The Kier molecular flexibility index (Phi) is 3.27. The van der Waals surface area contributed by atoms with Crippen LogP contribution in [0.1, 0.15) is 0 Å². The normalized spacial score (nSPS) is 10.8. The largest absolute Gasteiger partial charge is 0.495 e. The second-order valence-electron chi connectivity index (χ2n) is 4.33. The first kappa shape index (κ1) is 13.5. The average molecular weight is 304 g/mol. The van der Waals surface area contributed by atoms with Gasteiger partial charge in [-0.25, -0.2) is 14.2 Å². The van der Waals surface area contributed by atoms with Crippen LogP contribution in [0.15, 0.2) is 56.5 Å². The fraction of sp³-hybridized carbons (Fsp3) is 0.0667. The van der Waals surface area contributed by atoms with Crippen molar-refractivity contribution in [3.8, 4) is 11.4 Å². The highest BCUT2D eigenvalue weighted by Crippen LogP contribution is 2.27. The van der Waals surface area contributed by atoms with E-state index in [-0.39, 0.29) is 0 Å². The zero-order valence-corrected chi connectivity index (χ0v) is 11.8. The van der Waals surface area contributed by atoms with Crippen molar-refractivity contribution >= 4 is 22.5 Å². The SMILES string of the molecule is COc1ccc(-n2c(=O)oc(=O)c3ccccc32)cc1Cl. The number of methoxy groups -OCH3 is 1. The standard InChI is InChI=1S/C15H10ClNO4/c1-20-13-7-6-9(8-11(13)16)17-12-5-3-2-4-10(12)14(18)21-15(17)19/h2-8H,1H3. The number of para-hydroxylation sites is 1. The molecule has 106 valence electrons. The summed E-state index contributed by atoms with van der Waals surface area (Å²) < 4.78 is 11.1. The minimum absolute atomic E-state index is 0.323. The molecule has 2 aromatic carbocycles. The van der Waals surface area contributed by atoms with Crippen LogP contribution in [-0.4, -0.2) is 11.7 Å². The van der Waals surface area contributed by atoms with E-state index < -0.39 is 11.4 Å². The molecule has 1 aromatic heterocycles. The maximum Gasteiger partial charge on any atom is 0.426 e. The number of rotatable bonds is 2. The van der Waals surface area contributed by atoms with E-state index in [9.17, 15) is 9.59 Å². The molecule has 5 nitrogen and oxygen atoms in total. The van der Waals surface area contributed by atoms with Gasteiger partial charge in [-0.3, -0.25) is 0 Å². The maximum atomic E-state index is 12.0. The Morgan fingerprint density at radius 2 is 1.90 bits per heavy atom. The zero-order chi connectivity index (χ0) is 15.0. The molecule has 0 N–H and O–H groups in total. The van der Waals surface area contributed by atoms with Crippen LogP contribution in [-0.2, 0) is 0 Å². The average Bonchev–Trinajstić information content (AvgIpc) is 2.47. The van der Waals surface area contributed by atoms with Crippen LogP contribution in [0.4, 0.5) is 0 Å². The number of benzene rings is 2. The van der Waals surface area contributed by atoms with E-state index in [0.29, 0.717) is 27.4 Å². The van der Waals surface area contributed by atoms with Crippen LogP contribution >= 0.6 is 11.6 Å². The van der Waals surface area contributed by atoms with Gasteiger partial charge in [0.05, 0.1) is 28.7 Å². The smallest absolute Gasteiger partial charge is 0.426 e. The van der Waals surface area contributed by atoms with Crippen molar-refractivity contribution in [2.75, 3.05) is 7.11 Å². The van der Waals surface area contributed by atoms with Gasteiger partial charge < -0.3 is 9.15 Å². The molecule has 0 saturated carbocycles. The fourth-order valence-electron chi connectivity index (χ4n) is 2.16. The minimum Gasteiger partial charge on any atom is -0.495 e. The van der Waals surface area contributed by atoms with Gasteiger partial charge in [0.15, 0.2) is 0 Å². The Balaban J connectivity index is 2.38. The molecule has 0 aliphatic rings. The Labute approximate surface area is 124 Å². The number of nitrogens with zero attached hydrogens (tertiary/aromatic N) is 1. The lowest BCUT2D eigenvalue weighted by molar-refractivity contribution is 0.414. The van der Waals surface area contributed by atoms with E-state index in [4.69, 9.17) is 20.8 Å². The highest BCUT2D eigenvalue weighted by molar-refractivity contribution is 6.32. The third-order valence-electron chi connectivity index (χ3n) is 3.12. The van der Waals surface area contributed by atoms with Crippen LogP contribution in [0.25, 0.3) is 16.6 Å². The predicted molar refractivity (Wildman–Crippen MR) is 79.6 cm³/mol. The van der Waals surface area contributed by atoms with Gasteiger partial charge in [-0.1, -0.05) is 23.7 Å². The number of hydrogen-bond acceptors (Lipinski definition) is 4. The van der Waals surface area contributed by atoms with Gasteiger partial charge in [0.1, 0.15) is 5.75 Å². The van der Waals surface area contributed by atoms with Crippen molar-refractivity contribution in [2.24, 2.45) is 0 Å². The lowest BCUT2D eigenvalue weighted by atomic mass is 10.2. The second kappa shape index (κ2) is 5.10. The lowest BCUT2D eigenvalue weighted by Crippen LogP contribution is -2.23. The first-order chi connectivity index (χ1) is 10.1. The molecule has 0 saturated heterocycles. The number of fused-ring (bicyclic) bond motifs is 1. The van der Waals surface area contributed by atoms with Gasteiger partial charge in [-0.05, 0) is 30.3 Å². The van der Waals surface area contributed by atoms with Crippen LogP contribution in [0.2, 0.25) is 5.02 Å². The summed E-state index contributed by atoms with van der Waals surface area (Å²) in [7, 11) is 1.50. The predicted octanol–water partition coefficient (Wildman–Crippen LogP) is 2.61. The van der Waals surface area contributed by atoms with E-state index >= 15 is 0 Å². The molecule has 0 fully saturated rings. The van der Waals surface area contributed by atoms with Crippen molar-refractivity contribution in [3.05, 3.63) is 68.5 Å². The molecule has 0 aliphatic heterocycles. The summed E-state index contributed by atoms with van der Waals surface area (Å²) in [6.07, 6.45) is 0. The zero-order valence-electron chi connectivity index (χ0n) is 11.0. The van der Waals surface area contributed by atoms with Gasteiger partial charge in [-0.2, -0.15) is 0 Å². The fourth-order valence-corrected chi connectivity index (χ4v) is 2.41. The molecule has 3 aromatic rings. The molecule has 0 bridgehead atoms. The second-order valence-corrected chi connectivity index (χ2v) is 4.73. The monoisotopic (exact) mass is 303 g/mol. The van der Waals surface area contributed by atoms with Crippen molar-refractivity contribution in [1.29, 1.82) is 0 Å². The molecule has 0 aliphatic carbocycles. The highest BCUT2D eigenvalue weighted by atomic mass is 35.5. The number of aromatic nitrogens is 1. The maximum absolute atomic E-state index is 12.0. The molecule has 0 atom stereocenters. The molecule has 3 rings (SSSR count). The summed E-state index contributed by atoms with van der Waals surface area (Å²) >= 11 is 6.08. The van der Waals surface area contributed by atoms with Crippen molar-refractivity contribution < 1.29 is 9.15 Å². The Morgan fingerprint density at radius 3 is 2.62 bits per heavy atom. The molecule has 0 amide bonds. The van der Waals surface area contributed by atoms with Crippen molar-refractivity contribution in [2.45, 2.75) is 0 Å². The molecule has 21 heavy (non-hydrogen) atoms. The van der Waals surface area contributed by atoms with Crippen LogP contribution in [0, 0.1) is 0 Å². The first-order valence-corrected chi connectivity index (χ1v) is 6.48. The third-order valence-corrected chi connectivity index (χ3v) is 3.42. The molecule has 0 spiro atoms. The summed E-state index contributed by atoms with van der Waals surface area (Å²) in [6.45, 7) is 0. The van der Waals surface area contributed by atoms with Crippen molar-refractivity contribution in [1.82, 2.24) is 4.57 Å². The number of hydrogen-bond donors (Lipinski definition) is 0. The van der Waals surface area contributed by atoms with Crippen LogP contribution < -0.4 is 16.1 Å². The molecule has 0 radical (unpaired) electrons. The number of ether oxygens (including phenoxy) is 1. The van der Waals surface area contributed by atoms with E-state index in [0.717, 1.165) is 0 Å². The Morgan fingerprint density at radius 1 is 1.14 bits per heavy atom. The highest BCUT2D eigenvalue weighted by Gasteiger charge is 2.12. The summed E-state index contributed by atoms with van der Waals surface area (Å²) in [5, 5.41) is 0.682. The number of halogens is 1. The topological polar surface area (TPSA) is 61.4 Å². The summed E-state index contributed by atoms with van der Waals surface area (Å²) in [4.78, 5) is 23.8. The van der Waals surface area contributed by atoms with E-state index in [1.165, 1.54) is 11.7 Å². The van der Waals surface area contributed by atoms with Gasteiger partial charge in [0.2, 0.25) is 0 Å². The summed E-state index contributed by atoms with van der Waals surface area (Å²) in [5.74, 6) is -0.268. The van der Waals surface area contributed by atoms with Gasteiger partial charge >= 0.3 is 11.4 Å². The Bertz CT molecular complexity index is 942. The Hall–Kier alpha value is -2.53. The minimum atomic E-state index is -0.764.